The van der Waals surface area contributed by atoms with Gasteiger partial charge in [0.25, 0.3) is 0 Å². The Balaban J connectivity index is 1.84. The molecule has 1 heterocycles. The Labute approximate surface area is 180 Å². The van der Waals surface area contributed by atoms with E-state index in [-0.39, 0.29) is 24.3 Å². The van der Waals surface area contributed by atoms with Gasteiger partial charge in [0.05, 0.1) is 20.3 Å². The molecule has 164 valence electrons. The van der Waals surface area contributed by atoms with Gasteiger partial charge in [0, 0.05) is 5.56 Å². The lowest BCUT2D eigenvalue weighted by atomic mass is 9.97. The van der Waals surface area contributed by atoms with Gasteiger partial charge in [-0.1, -0.05) is 49.3 Å². The monoisotopic (exact) mass is 425 g/mol. The van der Waals surface area contributed by atoms with Crippen LogP contribution < -0.4 is 20.5 Å². The Kier molecular flexibility index (Phi) is 7.12. The third-order valence-electron chi connectivity index (χ3n) is 4.87. The lowest BCUT2D eigenvalue weighted by molar-refractivity contribution is -0.122. The van der Waals surface area contributed by atoms with Gasteiger partial charge in [-0.05, 0) is 36.1 Å². The Hall–Kier alpha value is -3.55. The smallest absolute Gasteiger partial charge is 0.442 e. The molecule has 0 aliphatic rings. The number of nitrogens with zero attached hydrogens (tertiary/aromatic N) is 2. The number of hydrogen-bond acceptors (Lipinski definition) is 6. The number of nitrogens with one attached hydrogen (secondary N) is 1. The minimum Gasteiger partial charge on any atom is -0.493 e. The number of carbonyl (C=O) groups is 1. The zero-order chi connectivity index (χ0) is 22.4. The number of amides is 1. The normalized spacial score (nSPS) is 11.9. The van der Waals surface area contributed by atoms with Crippen LogP contribution in [0.2, 0.25) is 0 Å². The first-order chi connectivity index (χ1) is 14.9. The predicted octanol–water partition coefficient (Wildman–Crippen LogP) is 3.42. The highest BCUT2D eigenvalue weighted by Crippen LogP contribution is 2.31. The molecule has 0 aliphatic heterocycles. The first kappa shape index (κ1) is 22.1. The van der Waals surface area contributed by atoms with Crippen molar-refractivity contribution in [3.05, 3.63) is 64.6 Å². The summed E-state index contributed by atoms with van der Waals surface area (Å²) in [6, 6.07) is 14.7. The van der Waals surface area contributed by atoms with Crippen LogP contribution in [0.25, 0.3) is 11.4 Å². The fourth-order valence-corrected chi connectivity index (χ4v) is 3.41. The van der Waals surface area contributed by atoms with Crippen molar-refractivity contribution in [1.29, 1.82) is 0 Å². The van der Waals surface area contributed by atoms with Crippen LogP contribution in [0.1, 0.15) is 31.9 Å². The van der Waals surface area contributed by atoms with Crippen molar-refractivity contribution in [2.24, 2.45) is 5.92 Å². The summed E-state index contributed by atoms with van der Waals surface area (Å²) >= 11 is 0. The molecule has 0 fully saturated rings. The largest absolute Gasteiger partial charge is 0.493 e. The van der Waals surface area contributed by atoms with E-state index < -0.39 is 5.76 Å². The van der Waals surface area contributed by atoms with E-state index in [1.165, 1.54) is 18.8 Å². The Morgan fingerprint density at radius 1 is 1.10 bits per heavy atom. The number of aromatic nitrogens is 2. The Morgan fingerprint density at radius 2 is 1.81 bits per heavy atom. The molecule has 0 spiro atoms. The van der Waals surface area contributed by atoms with Gasteiger partial charge in [-0.3, -0.25) is 9.32 Å². The minimum absolute atomic E-state index is 0.159. The second-order valence-corrected chi connectivity index (χ2v) is 7.59. The molecule has 1 amide bonds. The molecule has 3 rings (SSSR count). The number of methoxy groups -OCH3 is 2. The molecule has 0 radical (unpaired) electrons. The standard InChI is InChI=1S/C23H27N3O5/c1-15(2)12-18(16-8-6-5-7-9-16)24-21(27)14-26-22(25-31-23(26)28)17-10-11-19(29-3)20(13-17)30-4/h5-11,13,15,18H,12,14H2,1-4H3,(H,24,27). The minimum atomic E-state index is -0.708. The van der Waals surface area contributed by atoms with Gasteiger partial charge in [0.2, 0.25) is 5.91 Å². The molecule has 0 aliphatic carbocycles. The zero-order valence-electron chi connectivity index (χ0n) is 18.1. The van der Waals surface area contributed by atoms with E-state index in [4.69, 9.17) is 14.0 Å². The quantitative estimate of drug-likeness (QED) is 0.564. The van der Waals surface area contributed by atoms with Crippen LogP contribution in [0.5, 0.6) is 11.5 Å². The van der Waals surface area contributed by atoms with E-state index in [0.29, 0.717) is 23.0 Å². The molecule has 3 aromatic rings. The van der Waals surface area contributed by atoms with Crippen molar-refractivity contribution in [1.82, 2.24) is 15.0 Å². The summed E-state index contributed by atoms with van der Waals surface area (Å²) in [5, 5.41) is 6.89. The highest BCUT2D eigenvalue weighted by Gasteiger charge is 2.20. The number of carbonyl (C=O) groups excluding carboxylic acids is 1. The summed E-state index contributed by atoms with van der Waals surface area (Å²) in [6.07, 6.45) is 0.775. The maximum Gasteiger partial charge on any atom is 0.442 e. The fraction of sp³-hybridized carbons (Fsp3) is 0.348. The van der Waals surface area contributed by atoms with Crippen LogP contribution in [-0.2, 0) is 11.3 Å². The average Bonchev–Trinajstić information content (AvgIpc) is 3.13. The first-order valence-corrected chi connectivity index (χ1v) is 10.1. The third-order valence-corrected chi connectivity index (χ3v) is 4.87. The molecular weight excluding hydrogens is 398 g/mol. The van der Waals surface area contributed by atoms with E-state index in [1.54, 1.807) is 18.2 Å². The average molecular weight is 425 g/mol. The first-order valence-electron chi connectivity index (χ1n) is 10.1. The van der Waals surface area contributed by atoms with Crippen molar-refractivity contribution in [2.75, 3.05) is 14.2 Å². The van der Waals surface area contributed by atoms with Crippen LogP contribution in [0, 0.1) is 5.92 Å². The third kappa shape index (κ3) is 5.33. The van der Waals surface area contributed by atoms with Gasteiger partial charge >= 0.3 is 5.76 Å². The van der Waals surface area contributed by atoms with Crippen LogP contribution in [0.3, 0.4) is 0 Å². The Bertz CT molecular complexity index is 1070. The molecule has 0 saturated carbocycles. The maximum absolute atomic E-state index is 12.8. The van der Waals surface area contributed by atoms with Gasteiger partial charge in [0.15, 0.2) is 17.3 Å². The fourth-order valence-electron chi connectivity index (χ4n) is 3.41. The van der Waals surface area contributed by atoms with Crippen LogP contribution in [0.4, 0.5) is 0 Å². The highest BCUT2D eigenvalue weighted by molar-refractivity contribution is 5.77. The zero-order valence-corrected chi connectivity index (χ0v) is 18.1. The van der Waals surface area contributed by atoms with Crippen molar-refractivity contribution in [2.45, 2.75) is 32.9 Å². The summed E-state index contributed by atoms with van der Waals surface area (Å²) < 4.78 is 16.6. The predicted molar refractivity (Wildman–Crippen MR) is 116 cm³/mol. The molecule has 1 aromatic heterocycles. The SMILES string of the molecule is COc1ccc(-c2noc(=O)n2CC(=O)NC(CC(C)C)c2ccccc2)cc1OC. The summed E-state index contributed by atoms with van der Waals surface area (Å²) in [5.41, 5.74) is 1.58. The van der Waals surface area contributed by atoms with Crippen molar-refractivity contribution in [3.63, 3.8) is 0 Å². The van der Waals surface area contributed by atoms with E-state index in [1.807, 2.05) is 30.3 Å². The lowest BCUT2D eigenvalue weighted by Crippen LogP contribution is -2.34. The van der Waals surface area contributed by atoms with Crippen molar-refractivity contribution in [3.8, 4) is 22.9 Å². The van der Waals surface area contributed by atoms with Gasteiger partial charge in [-0.25, -0.2) is 9.36 Å². The maximum atomic E-state index is 12.8. The molecular formula is C23H27N3O5. The van der Waals surface area contributed by atoms with Crippen LogP contribution in [0.15, 0.2) is 57.8 Å². The second-order valence-electron chi connectivity index (χ2n) is 7.59. The summed E-state index contributed by atoms with van der Waals surface area (Å²) in [7, 11) is 3.05. The molecule has 31 heavy (non-hydrogen) atoms. The number of ether oxygens (including phenoxy) is 2. The van der Waals surface area contributed by atoms with E-state index >= 15 is 0 Å². The van der Waals surface area contributed by atoms with Crippen LogP contribution >= 0.6 is 0 Å². The van der Waals surface area contributed by atoms with E-state index in [2.05, 4.69) is 24.3 Å². The van der Waals surface area contributed by atoms with Crippen molar-refractivity contribution >= 4 is 5.91 Å². The topological polar surface area (TPSA) is 95.6 Å². The van der Waals surface area contributed by atoms with Gasteiger partial charge in [0.1, 0.15) is 6.54 Å². The molecule has 0 bridgehead atoms. The molecule has 0 saturated heterocycles. The summed E-state index contributed by atoms with van der Waals surface area (Å²) in [4.78, 5) is 25.1. The van der Waals surface area contributed by atoms with Gasteiger partial charge in [-0.15, -0.1) is 0 Å². The molecule has 1 atom stereocenters. The lowest BCUT2D eigenvalue weighted by Gasteiger charge is -2.21. The summed E-state index contributed by atoms with van der Waals surface area (Å²) in [5.74, 6) is 0.627. The summed E-state index contributed by atoms with van der Waals surface area (Å²) in [6.45, 7) is 3.98. The Morgan fingerprint density at radius 3 is 2.45 bits per heavy atom. The molecule has 8 heteroatoms. The van der Waals surface area contributed by atoms with Crippen molar-refractivity contribution < 1.29 is 18.8 Å². The van der Waals surface area contributed by atoms with Gasteiger partial charge in [-0.2, -0.15) is 0 Å². The van der Waals surface area contributed by atoms with Crippen LogP contribution in [-0.4, -0.2) is 29.9 Å². The number of benzene rings is 2. The molecule has 1 unspecified atom stereocenters. The highest BCUT2D eigenvalue weighted by atomic mass is 16.5. The second kappa shape index (κ2) is 9.97. The molecule has 1 N–H and O–H groups in total. The molecule has 2 aromatic carbocycles. The van der Waals surface area contributed by atoms with E-state index in [9.17, 15) is 9.59 Å². The number of hydrogen-bond donors (Lipinski definition) is 1. The number of rotatable bonds is 9. The van der Waals surface area contributed by atoms with Gasteiger partial charge < -0.3 is 14.8 Å². The van der Waals surface area contributed by atoms with E-state index in [0.717, 1.165) is 12.0 Å². The molecule has 8 nitrogen and oxygen atoms in total.